The molecule has 1 heterocycles. The average molecular weight is 149 g/mol. The number of hydrogen-bond donors (Lipinski definition) is 1. The monoisotopic (exact) mass is 148 g/mol. The van der Waals surface area contributed by atoms with Gasteiger partial charge in [0, 0.05) is 4.88 Å². The Morgan fingerprint density at radius 1 is 1.75 bits per heavy atom. The maximum absolute atomic E-state index is 5.55. The molecule has 0 aliphatic heterocycles. The predicted octanol–water partition coefficient (Wildman–Crippen LogP) is 1.69. The molecule has 0 fully saturated rings. The van der Waals surface area contributed by atoms with E-state index in [2.05, 4.69) is 4.98 Å². The van der Waals surface area contributed by atoms with Crippen LogP contribution >= 0.6 is 22.9 Å². The molecule has 0 radical (unpaired) electrons. The zero-order valence-electron chi connectivity index (χ0n) is 4.31. The first-order valence-corrected chi connectivity index (χ1v) is 3.28. The summed E-state index contributed by atoms with van der Waals surface area (Å²) in [5.41, 5.74) is 5.30. The van der Waals surface area contributed by atoms with Gasteiger partial charge in [0.15, 0.2) is 5.13 Å². The maximum atomic E-state index is 5.55. The Morgan fingerprint density at radius 3 is 2.50 bits per heavy atom. The molecule has 1 aromatic heterocycles. The zero-order valence-corrected chi connectivity index (χ0v) is 5.88. The van der Waals surface area contributed by atoms with E-state index in [4.69, 9.17) is 17.3 Å². The van der Waals surface area contributed by atoms with Crippen molar-refractivity contribution >= 4 is 28.1 Å². The number of aryl methyl sites for hydroxylation is 1. The van der Waals surface area contributed by atoms with Crippen LogP contribution in [0.2, 0.25) is 5.15 Å². The van der Waals surface area contributed by atoms with Crippen LogP contribution in [0, 0.1) is 6.92 Å². The number of thiazole rings is 1. The summed E-state index contributed by atoms with van der Waals surface area (Å²) in [7, 11) is 0. The van der Waals surface area contributed by atoms with Gasteiger partial charge in [-0.1, -0.05) is 11.6 Å². The fraction of sp³-hybridized carbons (Fsp3) is 0.250. The van der Waals surface area contributed by atoms with Crippen molar-refractivity contribution < 1.29 is 0 Å². The van der Waals surface area contributed by atoms with Crippen molar-refractivity contribution in [3.8, 4) is 0 Å². The van der Waals surface area contributed by atoms with Crippen LogP contribution in [0.25, 0.3) is 0 Å². The highest BCUT2D eigenvalue weighted by molar-refractivity contribution is 7.15. The van der Waals surface area contributed by atoms with E-state index in [1.165, 1.54) is 11.3 Å². The van der Waals surface area contributed by atoms with Gasteiger partial charge in [-0.25, -0.2) is 4.98 Å². The van der Waals surface area contributed by atoms with Gasteiger partial charge >= 0.3 is 0 Å². The highest BCUT2D eigenvalue weighted by Crippen LogP contribution is 2.22. The first kappa shape index (κ1) is 5.85. The minimum Gasteiger partial charge on any atom is -0.375 e. The summed E-state index contributed by atoms with van der Waals surface area (Å²) in [6.45, 7) is 1.89. The second-order valence-corrected chi connectivity index (χ2v) is 2.99. The minimum atomic E-state index is 0.521. The van der Waals surface area contributed by atoms with E-state index in [0.29, 0.717) is 10.3 Å². The van der Waals surface area contributed by atoms with Crippen LogP contribution in [0.4, 0.5) is 5.13 Å². The smallest absolute Gasteiger partial charge is 0.181 e. The lowest BCUT2D eigenvalue weighted by Gasteiger charge is -1.74. The molecule has 0 saturated heterocycles. The number of halogens is 1. The normalized spacial score (nSPS) is 9.75. The van der Waals surface area contributed by atoms with E-state index in [1.807, 2.05) is 6.92 Å². The Bertz CT molecular complexity index is 176. The van der Waals surface area contributed by atoms with Crippen LogP contribution in [-0.4, -0.2) is 4.98 Å². The van der Waals surface area contributed by atoms with Crippen LogP contribution in [0.3, 0.4) is 0 Å². The highest BCUT2D eigenvalue weighted by Gasteiger charge is 1.98. The fourth-order valence-electron chi connectivity index (χ4n) is 0.397. The second kappa shape index (κ2) is 1.91. The van der Waals surface area contributed by atoms with E-state index in [1.54, 1.807) is 0 Å². The molecule has 0 unspecified atom stereocenters. The van der Waals surface area contributed by atoms with E-state index in [0.717, 1.165) is 4.88 Å². The van der Waals surface area contributed by atoms with E-state index in [9.17, 15) is 0 Å². The lowest BCUT2D eigenvalue weighted by Crippen LogP contribution is -1.78. The molecule has 4 heteroatoms. The SMILES string of the molecule is Cc1sc(N)nc1Cl. The van der Waals surface area contributed by atoms with Gasteiger partial charge in [0.2, 0.25) is 0 Å². The number of anilines is 1. The maximum Gasteiger partial charge on any atom is 0.181 e. The molecule has 0 bridgehead atoms. The van der Waals surface area contributed by atoms with Crippen molar-refractivity contribution in [3.05, 3.63) is 10.0 Å². The largest absolute Gasteiger partial charge is 0.375 e. The summed E-state index contributed by atoms with van der Waals surface area (Å²) in [5.74, 6) is 0. The quantitative estimate of drug-likeness (QED) is 0.608. The molecule has 0 aliphatic rings. The van der Waals surface area contributed by atoms with Gasteiger partial charge in [-0.15, -0.1) is 11.3 Å². The van der Waals surface area contributed by atoms with Crippen molar-refractivity contribution in [1.82, 2.24) is 4.98 Å². The van der Waals surface area contributed by atoms with E-state index in [-0.39, 0.29) is 0 Å². The summed E-state index contributed by atoms with van der Waals surface area (Å²) in [4.78, 5) is 4.75. The number of nitrogen functional groups attached to an aromatic ring is 1. The molecule has 0 aromatic carbocycles. The first-order chi connectivity index (χ1) is 3.70. The fourth-order valence-corrected chi connectivity index (χ4v) is 1.23. The first-order valence-electron chi connectivity index (χ1n) is 2.08. The van der Waals surface area contributed by atoms with Crippen molar-refractivity contribution in [2.45, 2.75) is 6.92 Å². The molecule has 44 valence electrons. The van der Waals surface area contributed by atoms with Gasteiger partial charge in [0.05, 0.1) is 0 Å². The van der Waals surface area contributed by atoms with Crippen molar-refractivity contribution in [1.29, 1.82) is 0 Å². The Labute approximate surface area is 56.3 Å². The molecular formula is C4H5ClN2S. The third kappa shape index (κ3) is 0.928. The van der Waals surface area contributed by atoms with Gasteiger partial charge in [0.1, 0.15) is 5.15 Å². The number of hydrogen-bond acceptors (Lipinski definition) is 3. The molecule has 0 spiro atoms. The lowest BCUT2D eigenvalue weighted by atomic mass is 10.6. The summed E-state index contributed by atoms with van der Waals surface area (Å²) in [5, 5.41) is 1.06. The number of rotatable bonds is 0. The minimum absolute atomic E-state index is 0.521. The molecule has 1 aromatic rings. The van der Waals surface area contributed by atoms with Crippen molar-refractivity contribution in [3.63, 3.8) is 0 Å². The summed E-state index contributed by atoms with van der Waals surface area (Å²) in [6, 6.07) is 0. The lowest BCUT2D eigenvalue weighted by molar-refractivity contribution is 1.39. The highest BCUT2D eigenvalue weighted by atomic mass is 35.5. The molecule has 1 rings (SSSR count). The van der Waals surface area contributed by atoms with Crippen LogP contribution in [0.1, 0.15) is 4.88 Å². The van der Waals surface area contributed by atoms with Gasteiger partial charge in [-0.2, -0.15) is 0 Å². The van der Waals surface area contributed by atoms with E-state index >= 15 is 0 Å². The van der Waals surface area contributed by atoms with Gasteiger partial charge in [-0.05, 0) is 6.92 Å². The molecule has 0 amide bonds. The van der Waals surface area contributed by atoms with Gasteiger partial charge in [0.25, 0.3) is 0 Å². The van der Waals surface area contributed by atoms with Crippen LogP contribution in [0.15, 0.2) is 0 Å². The second-order valence-electron chi connectivity index (χ2n) is 1.40. The Hall–Kier alpha value is -0.280. The third-order valence-corrected chi connectivity index (χ3v) is 2.04. The molecule has 8 heavy (non-hydrogen) atoms. The van der Waals surface area contributed by atoms with Crippen LogP contribution < -0.4 is 5.73 Å². The van der Waals surface area contributed by atoms with Crippen LogP contribution in [0.5, 0.6) is 0 Å². The standard InChI is InChI=1S/C4H5ClN2S/c1-2-3(5)7-4(6)8-2/h1H3,(H2,6,7). The summed E-state index contributed by atoms with van der Waals surface area (Å²) < 4.78 is 0. The number of nitrogens with two attached hydrogens (primary N) is 1. The molecule has 0 atom stereocenters. The molecule has 2 nitrogen and oxygen atoms in total. The molecular weight excluding hydrogens is 144 g/mol. The van der Waals surface area contributed by atoms with Crippen molar-refractivity contribution in [2.75, 3.05) is 5.73 Å². The summed E-state index contributed by atoms with van der Waals surface area (Å²) in [6.07, 6.45) is 0. The third-order valence-electron chi connectivity index (χ3n) is 0.757. The van der Waals surface area contributed by atoms with Crippen molar-refractivity contribution in [2.24, 2.45) is 0 Å². The Morgan fingerprint density at radius 2 is 2.38 bits per heavy atom. The predicted molar refractivity (Wildman–Crippen MR) is 36.3 cm³/mol. The number of aromatic nitrogens is 1. The van der Waals surface area contributed by atoms with Crippen LogP contribution in [-0.2, 0) is 0 Å². The number of nitrogens with zero attached hydrogens (tertiary/aromatic N) is 1. The topological polar surface area (TPSA) is 38.9 Å². The van der Waals surface area contributed by atoms with Gasteiger partial charge in [-0.3, -0.25) is 0 Å². The molecule has 0 aliphatic carbocycles. The van der Waals surface area contributed by atoms with Gasteiger partial charge < -0.3 is 5.73 Å². The summed E-state index contributed by atoms with van der Waals surface area (Å²) >= 11 is 6.95. The Balaban J connectivity index is 3.14. The zero-order chi connectivity index (χ0) is 6.15. The average Bonchev–Trinajstić information content (AvgIpc) is 1.85. The molecule has 2 N–H and O–H groups in total. The Kier molecular flexibility index (Phi) is 1.40. The molecule has 0 saturated carbocycles. The van der Waals surface area contributed by atoms with E-state index < -0.39 is 0 Å².